The number of ether oxygens (including phenoxy) is 1. The lowest BCUT2D eigenvalue weighted by Gasteiger charge is -2.30. The van der Waals surface area contributed by atoms with E-state index in [1.165, 1.54) is 7.11 Å². The van der Waals surface area contributed by atoms with Crippen LogP contribution in [0.1, 0.15) is 45.3 Å². The van der Waals surface area contributed by atoms with Crippen molar-refractivity contribution in [1.82, 2.24) is 15.1 Å². The van der Waals surface area contributed by atoms with E-state index in [0.29, 0.717) is 11.4 Å². The number of hydrogen-bond donors (Lipinski definition) is 1. The largest absolute Gasteiger partial charge is 0.468 e. The van der Waals surface area contributed by atoms with Crippen molar-refractivity contribution in [3.8, 4) is 0 Å². The lowest BCUT2D eigenvalue weighted by Crippen LogP contribution is -2.51. The Morgan fingerprint density at radius 2 is 2.30 bits per heavy atom. The molecule has 0 saturated carbocycles. The summed E-state index contributed by atoms with van der Waals surface area (Å²) in [7, 11) is 1.41. The van der Waals surface area contributed by atoms with E-state index in [-0.39, 0.29) is 12.0 Å². The van der Waals surface area contributed by atoms with E-state index in [1.807, 2.05) is 20.8 Å². The Kier molecular flexibility index (Phi) is 6.02. The minimum atomic E-state index is -0.726. The van der Waals surface area contributed by atoms with Crippen LogP contribution in [0.2, 0.25) is 5.02 Å². The fraction of sp³-hybridized carbons (Fsp3) is 0.714. The molecule has 0 radical (unpaired) electrons. The standard InChI is InChI=1S/C14H24ClN3O2/c1-6-7-16-14(4,13(19)20-5)8-10(2)18-9-12(15)11(3)17-18/h9-10,16H,6-8H2,1-5H3. The van der Waals surface area contributed by atoms with Crippen LogP contribution >= 0.6 is 11.6 Å². The number of rotatable bonds is 7. The summed E-state index contributed by atoms with van der Waals surface area (Å²) in [5.74, 6) is -0.257. The molecular formula is C14H24ClN3O2. The van der Waals surface area contributed by atoms with E-state index in [1.54, 1.807) is 10.9 Å². The zero-order valence-corrected chi connectivity index (χ0v) is 13.6. The highest BCUT2D eigenvalue weighted by atomic mass is 35.5. The van der Waals surface area contributed by atoms with E-state index < -0.39 is 5.54 Å². The molecule has 0 spiro atoms. The van der Waals surface area contributed by atoms with E-state index in [0.717, 1.165) is 18.7 Å². The smallest absolute Gasteiger partial charge is 0.325 e. The molecular weight excluding hydrogens is 278 g/mol. The summed E-state index contributed by atoms with van der Waals surface area (Å²) in [6.45, 7) is 8.56. The third-order valence-electron chi connectivity index (χ3n) is 3.41. The Hall–Kier alpha value is -1.07. The zero-order chi connectivity index (χ0) is 15.3. The average molecular weight is 302 g/mol. The van der Waals surface area contributed by atoms with Crippen molar-refractivity contribution in [3.05, 3.63) is 16.9 Å². The first-order valence-corrected chi connectivity index (χ1v) is 7.26. The van der Waals surface area contributed by atoms with Crippen LogP contribution in [0.4, 0.5) is 0 Å². The topological polar surface area (TPSA) is 56.2 Å². The summed E-state index contributed by atoms with van der Waals surface area (Å²) in [6.07, 6.45) is 3.32. The van der Waals surface area contributed by atoms with Crippen molar-refractivity contribution >= 4 is 17.6 Å². The number of methoxy groups -OCH3 is 1. The number of halogens is 1. The van der Waals surface area contributed by atoms with Gasteiger partial charge in [-0.2, -0.15) is 5.10 Å². The molecule has 114 valence electrons. The molecule has 0 amide bonds. The van der Waals surface area contributed by atoms with Crippen LogP contribution in [0.25, 0.3) is 0 Å². The van der Waals surface area contributed by atoms with Gasteiger partial charge in [-0.25, -0.2) is 0 Å². The van der Waals surface area contributed by atoms with Crippen LogP contribution in [0.15, 0.2) is 6.20 Å². The van der Waals surface area contributed by atoms with Crippen LogP contribution in [-0.4, -0.2) is 34.9 Å². The van der Waals surface area contributed by atoms with E-state index in [2.05, 4.69) is 17.3 Å². The summed E-state index contributed by atoms with van der Waals surface area (Å²) < 4.78 is 6.72. The maximum atomic E-state index is 12.0. The van der Waals surface area contributed by atoms with Gasteiger partial charge in [0.25, 0.3) is 0 Å². The van der Waals surface area contributed by atoms with Crippen molar-refractivity contribution in [1.29, 1.82) is 0 Å². The first kappa shape index (κ1) is 17.0. The van der Waals surface area contributed by atoms with E-state index in [9.17, 15) is 4.79 Å². The number of nitrogens with one attached hydrogen (secondary N) is 1. The number of nitrogens with zero attached hydrogens (tertiary/aromatic N) is 2. The van der Waals surface area contributed by atoms with E-state index >= 15 is 0 Å². The van der Waals surface area contributed by atoms with Gasteiger partial charge in [-0.3, -0.25) is 9.48 Å². The third-order valence-corrected chi connectivity index (χ3v) is 3.78. The summed E-state index contributed by atoms with van der Waals surface area (Å²) in [6, 6.07) is 0.0367. The number of carbonyl (C=O) groups excluding carboxylic acids is 1. The maximum Gasteiger partial charge on any atom is 0.325 e. The molecule has 6 heteroatoms. The highest BCUT2D eigenvalue weighted by Crippen LogP contribution is 2.24. The number of carbonyl (C=O) groups is 1. The van der Waals surface area contributed by atoms with Crippen LogP contribution in [0.5, 0.6) is 0 Å². The molecule has 20 heavy (non-hydrogen) atoms. The maximum absolute atomic E-state index is 12.0. The molecule has 1 rings (SSSR count). The minimum absolute atomic E-state index is 0.0367. The van der Waals surface area contributed by atoms with Crippen molar-refractivity contribution in [2.75, 3.05) is 13.7 Å². The predicted octanol–water partition coefficient (Wildman–Crippen LogP) is 2.73. The SMILES string of the molecule is CCCNC(C)(CC(C)n1cc(Cl)c(C)n1)C(=O)OC. The Balaban J connectivity index is 2.85. The molecule has 0 fully saturated rings. The van der Waals surface area contributed by atoms with E-state index in [4.69, 9.17) is 16.3 Å². The molecule has 0 bridgehead atoms. The van der Waals surface area contributed by atoms with Crippen molar-refractivity contribution in [2.45, 2.75) is 52.1 Å². The van der Waals surface area contributed by atoms with Crippen LogP contribution < -0.4 is 5.32 Å². The van der Waals surface area contributed by atoms with Crippen molar-refractivity contribution in [3.63, 3.8) is 0 Å². The molecule has 2 unspecified atom stereocenters. The molecule has 1 heterocycles. The number of hydrogen-bond acceptors (Lipinski definition) is 4. The second-order valence-electron chi connectivity index (χ2n) is 5.35. The first-order chi connectivity index (χ1) is 9.34. The summed E-state index contributed by atoms with van der Waals surface area (Å²) in [5.41, 5.74) is 0.0658. The molecule has 5 nitrogen and oxygen atoms in total. The normalized spacial score (nSPS) is 15.7. The molecule has 2 atom stereocenters. The second kappa shape index (κ2) is 7.09. The summed E-state index contributed by atoms with van der Waals surface area (Å²) >= 11 is 6.03. The van der Waals surface area contributed by atoms with Gasteiger partial charge < -0.3 is 10.1 Å². The van der Waals surface area contributed by atoms with Gasteiger partial charge in [-0.1, -0.05) is 18.5 Å². The molecule has 0 aliphatic carbocycles. The van der Waals surface area contributed by atoms with Gasteiger partial charge in [0.2, 0.25) is 0 Å². The lowest BCUT2D eigenvalue weighted by molar-refractivity contribution is -0.148. The highest BCUT2D eigenvalue weighted by Gasteiger charge is 2.35. The van der Waals surface area contributed by atoms with Crippen LogP contribution in [0, 0.1) is 6.92 Å². The van der Waals surface area contributed by atoms with Crippen molar-refractivity contribution in [2.24, 2.45) is 0 Å². The van der Waals surface area contributed by atoms with Gasteiger partial charge in [0.15, 0.2) is 0 Å². The first-order valence-electron chi connectivity index (χ1n) is 6.88. The highest BCUT2D eigenvalue weighted by molar-refractivity contribution is 6.31. The fourth-order valence-corrected chi connectivity index (χ4v) is 2.36. The fourth-order valence-electron chi connectivity index (χ4n) is 2.22. The Morgan fingerprint density at radius 1 is 1.65 bits per heavy atom. The molecule has 1 aromatic rings. The Bertz CT molecular complexity index is 442. The van der Waals surface area contributed by atoms with Crippen LogP contribution in [-0.2, 0) is 9.53 Å². The number of esters is 1. The molecule has 0 aliphatic rings. The second-order valence-corrected chi connectivity index (χ2v) is 5.75. The van der Waals surface area contributed by atoms with Gasteiger partial charge in [0.1, 0.15) is 5.54 Å². The molecule has 0 aromatic carbocycles. The van der Waals surface area contributed by atoms with Gasteiger partial charge in [0.05, 0.1) is 23.9 Å². The summed E-state index contributed by atoms with van der Waals surface area (Å²) in [4.78, 5) is 12.0. The molecule has 0 saturated heterocycles. The predicted molar refractivity (Wildman–Crippen MR) is 80.0 cm³/mol. The van der Waals surface area contributed by atoms with Gasteiger partial charge in [0, 0.05) is 6.20 Å². The number of aryl methyl sites for hydroxylation is 1. The minimum Gasteiger partial charge on any atom is -0.468 e. The van der Waals surface area contributed by atoms with Gasteiger partial charge in [-0.05, 0) is 40.2 Å². The zero-order valence-electron chi connectivity index (χ0n) is 12.9. The van der Waals surface area contributed by atoms with Crippen LogP contribution in [0.3, 0.4) is 0 Å². The Labute approximate surface area is 125 Å². The quantitative estimate of drug-likeness (QED) is 0.787. The van der Waals surface area contributed by atoms with Gasteiger partial charge in [-0.15, -0.1) is 0 Å². The molecule has 1 aromatic heterocycles. The van der Waals surface area contributed by atoms with Gasteiger partial charge >= 0.3 is 5.97 Å². The molecule has 0 aliphatic heterocycles. The average Bonchev–Trinajstić information content (AvgIpc) is 2.75. The number of aromatic nitrogens is 2. The lowest BCUT2D eigenvalue weighted by atomic mass is 9.93. The summed E-state index contributed by atoms with van der Waals surface area (Å²) in [5, 5.41) is 8.27. The Morgan fingerprint density at radius 3 is 2.75 bits per heavy atom. The monoisotopic (exact) mass is 301 g/mol. The molecule has 1 N–H and O–H groups in total. The third kappa shape index (κ3) is 3.96. The van der Waals surface area contributed by atoms with Crippen molar-refractivity contribution < 1.29 is 9.53 Å².